The minimum Gasteiger partial charge on any atom is -0.394 e. The van der Waals surface area contributed by atoms with Crippen LogP contribution in [0.1, 0.15) is 26.2 Å². The Morgan fingerprint density at radius 1 is 1.14 bits per heavy atom. The van der Waals surface area contributed by atoms with Crippen LogP contribution in [-0.2, 0) is 6.54 Å². The van der Waals surface area contributed by atoms with Gasteiger partial charge in [-0.2, -0.15) is 0 Å². The molecular formula is C16H19N3O3. The molecule has 0 aliphatic heterocycles. The number of aromatic nitrogens is 1. The standard InChI is InChI=1S/C16H19N3O3/c1-2-3-4-11-18-15(10-9-14(17)16(18)20)12-5-7-13(8-6-12)19(21)22/h5-10H,2-4,11,17H2,1H3. The number of pyridine rings is 1. The Morgan fingerprint density at radius 3 is 2.41 bits per heavy atom. The van der Waals surface area contributed by atoms with Gasteiger partial charge in [-0.05, 0) is 36.2 Å². The van der Waals surface area contributed by atoms with Crippen molar-refractivity contribution in [2.45, 2.75) is 32.7 Å². The Labute approximate surface area is 128 Å². The summed E-state index contributed by atoms with van der Waals surface area (Å²) < 4.78 is 1.64. The summed E-state index contributed by atoms with van der Waals surface area (Å²) >= 11 is 0. The molecule has 1 aromatic carbocycles. The number of benzene rings is 1. The topological polar surface area (TPSA) is 91.2 Å². The van der Waals surface area contributed by atoms with Crippen LogP contribution < -0.4 is 11.3 Å². The summed E-state index contributed by atoms with van der Waals surface area (Å²) in [7, 11) is 0. The fraction of sp³-hybridized carbons (Fsp3) is 0.312. The summed E-state index contributed by atoms with van der Waals surface area (Å²) in [6.07, 6.45) is 2.98. The van der Waals surface area contributed by atoms with Crippen LogP contribution in [0.4, 0.5) is 11.4 Å². The molecule has 116 valence electrons. The van der Waals surface area contributed by atoms with Crippen LogP contribution in [0.3, 0.4) is 0 Å². The van der Waals surface area contributed by atoms with E-state index in [0.29, 0.717) is 6.54 Å². The lowest BCUT2D eigenvalue weighted by molar-refractivity contribution is -0.384. The van der Waals surface area contributed by atoms with Crippen LogP contribution in [0.2, 0.25) is 0 Å². The Morgan fingerprint density at radius 2 is 1.82 bits per heavy atom. The number of nitrogens with zero attached hydrogens (tertiary/aromatic N) is 2. The quantitative estimate of drug-likeness (QED) is 0.504. The lowest BCUT2D eigenvalue weighted by Gasteiger charge is -2.13. The summed E-state index contributed by atoms with van der Waals surface area (Å²) in [5, 5.41) is 10.7. The van der Waals surface area contributed by atoms with Crippen molar-refractivity contribution in [1.82, 2.24) is 4.57 Å². The van der Waals surface area contributed by atoms with E-state index >= 15 is 0 Å². The van der Waals surface area contributed by atoms with Gasteiger partial charge in [0.25, 0.3) is 11.2 Å². The van der Waals surface area contributed by atoms with Crippen LogP contribution >= 0.6 is 0 Å². The van der Waals surface area contributed by atoms with E-state index in [0.717, 1.165) is 30.5 Å². The Hall–Kier alpha value is -2.63. The molecule has 0 saturated heterocycles. The van der Waals surface area contributed by atoms with Crippen LogP contribution in [0.15, 0.2) is 41.2 Å². The molecule has 6 heteroatoms. The van der Waals surface area contributed by atoms with E-state index in [1.165, 1.54) is 12.1 Å². The molecule has 0 unspecified atom stereocenters. The third-order valence-corrected chi connectivity index (χ3v) is 3.56. The van der Waals surface area contributed by atoms with Crippen molar-refractivity contribution in [2.24, 2.45) is 0 Å². The third-order valence-electron chi connectivity index (χ3n) is 3.56. The van der Waals surface area contributed by atoms with Crippen molar-refractivity contribution in [3.05, 3.63) is 56.9 Å². The zero-order valence-electron chi connectivity index (χ0n) is 12.5. The fourth-order valence-corrected chi connectivity index (χ4v) is 2.34. The number of non-ortho nitro benzene ring substituents is 1. The molecule has 0 atom stereocenters. The maximum Gasteiger partial charge on any atom is 0.274 e. The van der Waals surface area contributed by atoms with Crippen LogP contribution in [0.25, 0.3) is 11.3 Å². The molecule has 0 fully saturated rings. The molecular weight excluding hydrogens is 282 g/mol. The van der Waals surface area contributed by atoms with Gasteiger partial charge in [-0.3, -0.25) is 14.9 Å². The average Bonchev–Trinajstić information content (AvgIpc) is 2.52. The second-order valence-electron chi connectivity index (χ2n) is 5.14. The zero-order valence-corrected chi connectivity index (χ0v) is 12.5. The first kappa shape index (κ1) is 15.8. The Balaban J connectivity index is 2.43. The van der Waals surface area contributed by atoms with Gasteiger partial charge in [-0.25, -0.2) is 0 Å². The Bertz CT molecular complexity index is 720. The summed E-state index contributed by atoms with van der Waals surface area (Å²) in [5.74, 6) is 0. The molecule has 0 radical (unpaired) electrons. The van der Waals surface area contributed by atoms with E-state index in [9.17, 15) is 14.9 Å². The molecule has 6 nitrogen and oxygen atoms in total. The first-order chi connectivity index (χ1) is 10.5. The van der Waals surface area contributed by atoms with Gasteiger partial charge in [0.15, 0.2) is 0 Å². The zero-order chi connectivity index (χ0) is 16.1. The van der Waals surface area contributed by atoms with Gasteiger partial charge in [0.2, 0.25) is 0 Å². The molecule has 0 spiro atoms. The monoisotopic (exact) mass is 301 g/mol. The summed E-state index contributed by atoms with van der Waals surface area (Å²) in [6.45, 7) is 2.68. The maximum atomic E-state index is 12.3. The second kappa shape index (κ2) is 6.89. The third kappa shape index (κ3) is 3.33. The van der Waals surface area contributed by atoms with Gasteiger partial charge in [-0.1, -0.05) is 19.8 Å². The van der Waals surface area contributed by atoms with E-state index in [-0.39, 0.29) is 16.9 Å². The van der Waals surface area contributed by atoms with Crippen molar-refractivity contribution in [2.75, 3.05) is 5.73 Å². The van der Waals surface area contributed by atoms with Crippen molar-refractivity contribution in [3.63, 3.8) is 0 Å². The smallest absolute Gasteiger partial charge is 0.274 e. The minimum absolute atomic E-state index is 0.0269. The van der Waals surface area contributed by atoms with Crippen molar-refractivity contribution < 1.29 is 4.92 Å². The predicted octanol–water partition coefficient (Wildman–Crippen LogP) is 3.20. The first-order valence-corrected chi connectivity index (χ1v) is 7.28. The molecule has 1 heterocycles. The van der Waals surface area contributed by atoms with E-state index in [4.69, 9.17) is 5.73 Å². The molecule has 22 heavy (non-hydrogen) atoms. The molecule has 2 rings (SSSR count). The molecule has 1 aromatic heterocycles. The molecule has 0 saturated carbocycles. The summed E-state index contributed by atoms with van der Waals surface area (Å²) in [5.41, 5.74) is 7.22. The summed E-state index contributed by atoms with van der Waals surface area (Å²) in [6, 6.07) is 9.54. The van der Waals surface area contributed by atoms with E-state index < -0.39 is 4.92 Å². The van der Waals surface area contributed by atoms with Crippen molar-refractivity contribution in [1.29, 1.82) is 0 Å². The van der Waals surface area contributed by atoms with Gasteiger partial charge in [-0.15, -0.1) is 0 Å². The normalized spacial score (nSPS) is 10.6. The van der Waals surface area contributed by atoms with Crippen LogP contribution in [0, 0.1) is 10.1 Å². The second-order valence-corrected chi connectivity index (χ2v) is 5.14. The number of nitrogens with two attached hydrogens (primary N) is 1. The highest BCUT2D eigenvalue weighted by atomic mass is 16.6. The van der Waals surface area contributed by atoms with Crippen molar-refractivity contribution >= 4 is 11.4 Å². The number of rotatable bonds is 6. The molecule has 2 N–H and O–H groups in total. The predicted molar refractivity (Wildman–Crippen MR) is 86.7 cm³/mol. The molecule has 0 aliphatic carbocycles. The minimum atomic E-state index is -0.443. The largest absolute Gasteiger partial charge is 0.394 e. The first-order valence-electron chi connectivity index (χ1n) is 7.28. The van der Waals surface area contributed by atoms with E-state index in [2.05, 4.69) is 6.92 Å². The number of nitro benzene ring substituents is 1. The number of unbranched alkanes of at least 4 members (excludes halogenated alkanes) is 2. The van der Waals surface area contributed by atoms with Gasteiger partial charge < -0.3 is 10.3 Å². The average molecular weight is 301 g/mol. The maximum absolute atomic E-state index is 12.3. The molecule has 0 bridgehead atoms. The highest BCUT2D eigenvalue weighted by Crippen LogP contribution is 2.22. The number of nitro groups is 1. The number of hydrogen-bond acceptors (Lipinski definition) is 4. The Kier molecular flexibility index (Phi) is 4.93. The van der Waals surface area contributed by atoms with Gasteiger partial charge >= 0.3 is 0 Å². The van der Waals surface area contributed by atoms with Gasteiger partial charge in [0, 0.05) is 18.7 Å². The lowest BCUT2D eigenvalue weighted by atomic mass is 10.1. The van der Waals surface area contributed by atoms with Crippen molar-refractivity contribution in [3.8, 4) is 11.3 Å². The SMILES string of the molecule is CCCCCn1c(-c2ccc([N+](=O)[O-])cc2)ccc(N)c1=O. The fourth-order valence-electron chi connectivity index (χ4n) is 2.34. The number of anilines is 1. The number of nitrogen functional groups attached to an aromatic ring is 1. The van der Waals surface area contributed by atoms with Crippen LogP contribution in [0.5, 0.6) is 0 Å². The lowest BCUT2D eigenvalue weighted by Crippen LogP contribution is -2.24. The molecule has 0 amide bonds. The van der Waals surface area contributed by atoms with Gasteiger partial charge in [0.1, 0.15) is 0 Å². The van der Waals surface area contributed by atoms with Crippen LogP contribution in [-0.4, -0.2) is 9.49 Å². The highest BCUT2D eigenvalue weighted by Gasteiger charge is 2.11. The molecule has 0 aliphatic rings. The van der Waals surface area contributed by atoms with Gasteiger partial charge in [0.05, 0.1) is 16.3 Å². The summed E-state index contributed by atoms with van der Waals surface area (Å²) in [4.78, 5) is 22.5. The molecule has 2 aromatic rings. The highest BCUT2D eigenvalue weighted by molar-refractivity contribution is 5.63. The van der Waals surface area contributed by atoms with E-state index in [1.54, 1.807) is 28.8 Å². The van der Waals surface area contributed by atoms with E-state index in [1.807, 2.05) is 0 Å². The number of hydrogen-bond donors (Lipinski definition) is 1.